The molecule has 1 aliphatic heterocycles. The summed E-state index contributed by atoms with van der Waals surface area (Å²) in [6, 6.07) is 0. The van der Waals surface area contributed by atoms with Crippen LogP contribution in [0.3, 0.4) is 0 Å². The van der Waals surface area contributed by atoms with E-state index in [9.17, 15) is 0 Å². The lowest BCUT2D eigenvalue weighted by Crippen LogP contribution is -2.41. The third-order valence-electron chi connectivity index (χ3n) is 2.39. The van der Waals surface area contributed by atoms with Crippen LogP contribution in [0.2, 0.25) is 0 Å². The maximum absolute atomic E-state index is 8.17. The molecule has 0 aliphatic carbocycles. The predicted octanol–water partition coefficient (Wildman–Crippen LogP) is 1.89. The molecular formula is C6H12BN3O2. The summed E-state index contributed by atoms with van der Waals surface area (Å²) in [5.41, 5.74) is 7.32. The molecule has 0 radical (unpaired) electrons. The molecule has 6 heteroatoms. The van der Waals surface area contributed by atoms with Crippen molar-refractivity contribution in [2.45, 2.75) is 38.9 Å². The maximum Gasteiger partial charge on any atom is 0.549 e. The monoisotopic (exact) mass is 169 g/mol. The summed E-state index contributed by atoms with van der Waals surface area (Å²) in [5.74, 6) is 0. The molecule has 1 aliphatic rings. The molecule has 0 saturated carbocycles. The quantitative estimate of drug-likeness (QED) is 0.260. The van der Waals surface area contributed by atoms with Crippen LogP contribution in [0.15, 0.2) is 5.03 Å². The van der Waals surface area contributed by atoms with Gasteiger partial charge in [-0.2, -0.15) is 0 Å². The first-order valence-corrected chi connectivity index (χ1v) is 3.79. The maximum atomic E-state index is 8.17. The Hall–Kier alpha value is -0.705. The number of azide groups is 1. The lowest BCUT2D eigenvalue weighted by atomic mass is 9.90. The second-order valence-corrected chi connectivity index (χ2v) is 3.77. The highest BCUT2D eigenvalue weighted by Crippen LogP contribution is 2.36. The summed E-state index contributed by atoms with van der Waals surface area (Å²) < 4.78 is 10.7. The summed E-state index contributed by atoms with van der Waals surface area (Å²) in [5, 5.41) is 3.35. The van der Waals surface area contributed by atoms with Crippen LogP contribution >= 0.6 is 0 Å². The Labute approximate surface area is 71.8 Å². The minimum absolute atomic E-state index is 0.425. The fraction of sp³-hybridized carbons (Fsp3) is 1.00. The van der Waals surface area contributed by atoms with Gasteiger partial charge in [-0.05, 0) is 38.1 Å². The molecule has 0 unspecified atom stereocenters. The molecule has 0 atom stereocenters. The zero-order valence-corrected chi connectivity index (χ0v) is 7.74. The van der Waals surface area contributed by atoms with Gasteiger partial charge in [0.15, 0.2) is 0 Å². The Morgan fingerprint density at radius 1 is 1.17 bits per heavy atom. The van der Waals surface area contributed by atoms with E-state index >= 15 is 0 Å². The molecule has 12 heavy (non-hydrogen) atoms. The molecule has 0 aromatic heterocycles. The Balaban J connectivity index is 2.80. The van der Waals surface area contributed by atoms with Crippen molar-refractivity contribution in [2.24, 2.45) is 5.03 Å². The Bertz CT molecular complexity index is 219. The minimum Gasteiger partial charge on any atom is -0.400 e. The van der Waals surface area contributed by atoms with E-state index in [0.717, 1.165) is 0 Å². The van der Waals surface area contributed by atoms with E-state index in [1.807, 2.05) is 27.7 Å². The summed E-state index contributed by atoms with van der Waals surface area (Å²) in [6.07, 6.45) is 0. The van der Waals surface area contributed by atoms with Crippen molar-refractivity contribution >= 4 is 7.25 Å². The van der Waals surface area contributed by atoms with E-state index < -0.39 is 18.5 Å². The van der Waals surface area contributed by atoms with Crippen molar-refractivity contribution in [1.82, 2.24) is 0 Å². The van der Waals surface area contributed by atoms with Crippen molar-refractivity contribution in [3.63, 3.8) is 0 Å². The van der Waals surface area contributed by atoms with Crippen LogP contribution in [0.25, 0.3) is 10.4 Å². The van der Waals surface area contributed by atoms with E-state index in [1.54, 1.807) is 0 Å². The molecule has 66 valence electrons. The normalized spacial score (nSPS) is 25.2. The molecule has 1 rings (SSSR count). The van der Waals surface area contributed by atoms with Crippen molar-refractivity contribution in [3.8, 4) is 0 Å². The van der Waals surface area contributed by atoms with Gasteiger partial charge in [0.05, 0.1) is 11.2 Å². The fourth-order valence-corrected chi connectivity index (χ4v) is 0.901. The number of hydrogen-bond acceptors (Lipinski definition) is 3. The first-order chi connectivity index (χ1) is 5.39. The molecular weight excluding hydrogens is 157 g/mol. The molecule has 0 amide bonds. The highest BCUT2D eigenvalue weighted by atomic mass is 16.7. The van der Waals surface area contributed by atoms with Gasteiger partial charge in [-0.1, -0.05) is 5.03 Å². The topological polar surface area (TPSA) is 67.2 Å². The van der Waals surface area contributed by atoms with E-state index in [1.165, 1.54) is 0 Å². The van der Waals surface area contributed by atoms with Gasteiger partial charge in [-0.3, -0.25) is 0 Å². The molecule has 0 aromatic rings. The van der Waals surface area contributed by atoms with Crippen molar-refractivity contribution in [1.29, 1.82) is 0 Å². The summed E-state index contributed by atoms with van der Waals surface area (Å²) in [6.45, 7) is 7.61. The van der Waals surface area contributed by atoms with Crippen molar-refractivity contribution in [2.75, 3.05) is 0 Å². The fourth-order valence-electron chi connectivity index (χ4n) is 0.901. The average molecular weight is 169 g/mol. The average Bonchev–Trinajstić information content (AvgIpc) is 2.02. The zero-order chi connectivity index (χ0) is 9.41. The summed E-state index contributed by atoms with van der Waals surface area (Å²) in [7, 11) is -0.792. The molecule has 0 spiro atoms. The van der Waals surface area contributed by atoms with E-state index in [-0.39, 0.29) is 0 Å². The zero-order valence-electron chi connectivity index (χ0n) is 7.74. The molecule has 1 heterocycles. The van der Waals surface area contributed by atoms with Crippen LogP contribution in [0.1, 0.15) is 27.7 Å². The van der Waals surface area contributed by atoms with Crippen LogP contribution in [-0.2, 0) is 9.31 Å². The van der Waals surface area contributed by atoms with Gasteiger partial charge >= 0.3 is 7.25 Å². The number of hydrogen-bond donors (Lipinski definition) is 0. The molecule has 0 N–H and O–H groups in total. The highest BCUT2D eigenvalue weighted by Gasteiger charge is 2.50. The molecule has 1 saturated heterocycles. The standard InChI is InChI=1S/C6H12BN3O2/c1-5(2)6(3,4)12-7(11-5)9-10-8/h1-4H3. The highest BCUT2D eigenvalue weighted by molar-refractivity contribution is 6.43. The predicted molar refractivity (Wildman–Crippen MR) is 45.2 cm³/mol. The third kappa shape index (κ3) is 1.41. The second kappa shape index (κ2) is 2.66. The van der Waals surface area contributed by atoms with Gasteiger partial charge in [-0.15, -0.1) is 0 Å². The molecule has 1 fully saturated rings. The summed E-state index contributed by atoms with van der Waals surface area (Å²) >= 11 is 0. The Kier molecular flexibility index (Phi) is 2.08. The van der Waals surface area contributed by atoms with Crippen LogP contribution in [0.4, 0.5) is 0 Å². The Morgan fingerprint density at radius 3 is 1.92 bits per heavy atom. The molecule has 0 aromatic carbocycles. The smallest absolute Gasteiger partial charge is 0.400 e. The first kappa shape index (κ1) is 9.38. The SMILES string of the molecule is CC1(C)OB(N=[N+]=[N-])OC1(C)C. The summed E-state index contributed by atoms with van der Waals surface area (Å²) in [4.78, 5) is 2.62. The van der Waals surface area contributed by atoms with Gasteiger partial charge in [0.2, 0.25) is 0 Å². The van der Waals surface area contributed by atoms with Crippen molar-refractivity contribution in [3.05, 3.63) is 10.4 Å². The third-order valence-corrected chi connectivity index (χ3v) is 2.39. The van der Waals surface area contributed by atoms with Gasteiger partial charge < -0.3 is 9.31 Å². The van der Waals surface area contributed by atoms with Crippen LogP contribution in [0.5, 0.6) is 0 Å². The Morgan fingerprint density at radius 2 is 1.58 bits per heavy atom. The largest absolute Gasteiger partial charge is 0.549 e. The van der Waals surface area contributed by atoms with E-state index in [2.05, 4.69) is 9.94 Å². The van der Waals surface area contributed by atoms with Crippen LogP contribution < -0.4 is 0 Å². The van der Waals surface area contributed by atoms with Crippen LogP contribution in [0, 0.1) is 0 Å². The van der Waals surface area contributed by atoms with Gasteiger partial charge in [-0.25, -0.2) is 0 Å². The van der Waals surface area contributed by atoms with Crippen molar-refractivity contribution < 1.29 is 9.31 Å². The minimum atomic E-state index is -0.792. The van der Waals surface area contributed by atoms with Gasteiger partial charge in [0, 0.05) is 0 Å². The van der Waals surface area contributed by atoms with Gasteiger partial charge in [0.1, 0.15) is 0 Å². The van der Waals surface area contributed by atoms with Gasteiger partial charge in [0.25, 0.3) is 0 Å². The molecule has 5 nitrogen and oxygen atoms in total. The lowest BCUT2D eigenvalue weighted by molar-refractivity contribution is 0.00578. The first-order valence-electron chi connectivity index (χ1n) is 3.79. The second-order valence-electron chi connectivity index (χ2n) is 3.77. The number of nitrogens with zero attached hydrogens (tertiary/aromatic N) is 3. The van der Waals surface area contributed by atoms with E-state index in [4.69, 9.17) is 14.8 Å². The van der Waals surface area contributed by atoms with E-state index in [0.29, 0.717) is 0 Å². The van der Waals surface area contributed by atoms with Crippen LogP contribution in [-0.4, -0.2) is 18.5 Å². The molecule has 0 bridgehead atoms. The lowest BCUT2D eigenvalue weighted by Gasteiger charge is -2.32. The number of rotatable bonds is 1.